The topological polar surface area (TPSA) is 56.8 Å². The van der Waals surface area contributed by atoms with Gasteiger partial charge < -0.3 is 19.5 Å². The highest BCUT2D eigenvalue weighted by Crippen LogP contribution is 2.38. The third-order valence-electron chi connectivity index (χ3n) is 3.84. The minimum atomic E-state index is -0.354. The third kappa shape index (κ3) is 4.17. The van der Waals surface area contributed by atoms with Gasteiger partial charge in [-0.05, 0) is 32.0 Å². The van der Waals surface area contributed by atoms with Gasteiger partial charge in [0, 0.05) is 18.1 Å². The second-order valence-electron chi connectivity index (χ2n) is 5.91. The number of benzene rings is 2. The molecule has 5 nitrogen and oxygen atoms in total. The van der Waals surface area contributed by atoms with E-state index in [9.17, 15) is 4.79 Å². The number of para-hydroxylation sites is 1. The normalized spacial score (nSPS) is 15.2. The summed E-state index contributed by atoms with van der Waals surface area (Å²) in [6.07, 6.45) is 0.925. The van der Waals surface area contributed by atoms with Gasteiger partial charge in [0.1, 0.15) is 17.6 Å². The SMILES string of the molecule is CCOc1cc2c(cc1NC(=O)COc1c(Cl)cccc1Cl)O[C@@H](C)C2. The molecule has 0 saturated heterocycles. The van der Waals surface area contributed by atoms with Crippen molar-refractivity contribution in [3.8, 4) is 17.2 Å². The van der Waals surface area contributed by atoms with Gasteiger partial charge in [-0.2, -0.15) is 0 Å². The van der Waals surface area contributed by atoms with Crippen LogP contribution in [0.4, 0.5) is 5.69 Å². The van der Waals surface area contributed by atoms with E-state index in [-0.39, 0.29) is 24.4 Å². The van der Waals surface area contributed by atoms with E-state index in [2.05, 4.69) is 5.32 Å². The number of carbonyl (C=O) groups excluding carboxylic acids is 1. The zero-order valence-electron chi connectivity index (χ0n) is 14.5. The lowest BCUT2D eigenvalue weighted by molar-refractivity contribution is -0.118. The van der Waals surface area contributed by atoms with Gasteiger partial charge in [0.15, 0.2) is 12.4 Å². The third-order valence-corrected chi connectivity index (χ3v) is 4.43. The van der Waals surface area contributed by atoms with Crippen molar-refractivity contribution >= 4 is 34.8 Å². The monoisotopic (exact) mass is 395 g/mol. The summed E-state index contributed by atoms with van der Waals surface area (Å²) in [5, 5.41) is 3.49. The van der Waals surface area contributed by atoms with Crippen LogP contribution in [0.15, 0.2) is 30.3 Å². The fraction of sp³-hybridized carbons (Fsp3) is 0.316. The number of ether oxygens (including phenoxy) is 3. The van der Waals surface area contributed by atoms with Crippen LogP contribution in [0, 0.1) is 0 Å². The second kappa shape index (κ2) is 8.06. The Morgan fingerprint density at radius 3 is 2.69 bits per heavy atom. The molecule has 3 rings (SSSR count). The number of halogens is 2. The molecule has 0 radical (unpaired) electrons. The van der Waals surface area contributed by atoms with E-state index in [4.69, 9.17) is 37.4 Å². The molecule has 1 N–H and O–H groups in total. The van der Waals surface area contributed by atoms with Gasteiger partial charge in [0.25, 0.3) is 5.91 Å². The molecule has 0 unspecified atom stereocenters. The maximum Gasteiger partial charge on any atom is 0.262 e. The van der Waals surface area contributed by atoms with Crippen molar-refractivity contribution in [3.05, 3.63) is 45.9 Å². The molecular formula is C19H19Cl2NO4. The zero-order valence-corrected chi connectivity index (χ0v) is 16.0. The van der Waals surface area contributed by atoms with E-state index in [1.165, 1.54) is 0 Å². The molecule has 0 bridgehead atoms. The first kappa shape index (κ1) is 18.7. The van der Waals surface area contributed by atoms with E-state index >= 15 is 0 Å². The maximum atomic E-state index is 12.3. The predicted octanol–water partition coefficient (Wildman–Crippen LogP) is 4.73. The van der Waals surface area contributed by atoms with Crippen molar-refractivity contribution in [2.24, 2.45) is 0 Å². The first-order valence-electron chi connectivity index (χ1n) is 8.31. The summed E-state index contributed by atoms with van der Waals surface area (Å²) in [5.41, 5.74) is 1.61. The molecule has 1 heterocycles. The van der Waals surface area contributed by atoms with Gasteiger partial charge in [0.2, 0.25) is 0 Å². The molecular weight excluding hydrogens is 377 g/mol. The number of nitrogens with one attached hydrogen (secondary N) is 1. The van der Waals surface area contributed by atoms with Crippen molar-refractivity contribution in [2.75, 3.05) is 18.5 Å². The lowest BCUT2D eigenvalue weighted by Gasteiger charge is -2.14. The minimum Gasteiger partial charge on any atom is -0.492 e. The van der Waals surface area contributed by atoms with Gasteiger partial charge in [-0.3, -0.25) is 4.79 Å². The second-order valence-corrected chi connectivity index (χ2v) is 6.72. The zero-order chi connectivity index (χ0) is 18.7. The Kier molecular flexibility index (Phi) is 5.79. The molecule has 1 aliphatic heterocycles. The highest BCUT2D eigenvalue weighted by atomic mass is 35.5. The Balaban J connectivity index is 1.72. The number of fused-ring (bicyclic) bond motifs is 1. The summed E-state index contributed by atoms with van der Waals surface area (Å²) < 4.78 is 16.9. The van der Waals surface area contributed by atoms with E-state index in [0.29, 0.717) is 28.1 Å². The average molecular weight is 396 g/mol. The average Bonchev–Trinajstić information content (AvgIpc) is 2.94. The van der Waals surface area contributed by atoms with Crippen molar-refractivity contribution < 1.29 is 19.0 Å². The van der Waals surface area contributed by atoms with Gasteiger partial charge in [-0.15, -0.1) is 0 Å². The van der Waals surface area contributed by atoms with Crippen LogP contribution in [0.3, 0.4) is 0 Å². The minimum absolute atomic E-state index is 0.108. The maximum absolute atomic E-state index is 12.3. The van der Waals surface area contributed by atoms with Crippen LogP contribution in [0.5, 0.6) is 17.2 Å². The summed E-state index contributed by atoms with van der Waals surface area (Å²) in [4.78, 5) is 12.3. The number of amides is 1. The van der Waals surface area contributed by atoms with E-state index in [0.717, 1.165) is 17.7 Å². The Morgan fingerprint density at radius 2 is 2.00 bits per heavy atom. The highest BCUT2D eigenvalue weighted by molar-refractivity contribution is 6.37. The molecule has 0 aromatic heterocycles. The van der Waals surface area contributed by atoms with Crippen LogP contribution >= 0.6 is 23.2 Å². The molecule has 0 spiro atoms. The van der Waals surface area contributed by atoms with Crippen LogP contribution in [0.2, 0.25) is 10.0 Å². The molecule has 0 saturated carbocycles. The van der Waals surface area contributed by atoms with E-state index in [1.807, 2.05) is 19.9 Å². The van der Waals surface area contributed by atoms with Gasteiger partial charge in [0.05, 0.1) is 22.3 Å². The van der Waals surface area contributed by atoms with Gasteiger partial charge >= 0.3 is 0 Å². The highest BCUT2D eigenvalue weighted by Gasteiger charge is 2.22. The van der Waals surface area contributed by atoms with E-state index < -0.39 is 0 Å². The first-order valence-corrected chi connectivity index (χ1v) is 9.06. The largest absolute Gasteiger partial charge is 0.492 e. The molecule has 1 atom stereocenters. The molecule has 1 amide bonds. The van der Waals surface area contributed by atoms with Crippen molar-refractivity contribution in [2.45, 2.75) is 26.4 Å². The van der Waals surface area contributed by atoms with Gasteiger partial charge in [-0.1, -0.05) is 29.3 Å². The predicted molar refractivity (Wildman–Crippen MR) is 102 cm³/mol. The summed E-state index contributed by atoms with van der Waals surface area (Å²) in [7, 11) is 0. The lowest BCUT2D eigenvalue weighted by atomic mass is 10.1. The standard InChI is InChI=1S/C19H19Cl2NO4/c1-3-24-17-8-12-7-11(2)26-16(12)9-15(17)22-18(23)10-25-19-13(20)5-4-6-14(19)21/h4-6,8-9,11H,3,7,10H2,1-2H3,(H,22,23)/t11-/m0/s1. The van der Waals surface area contributed by atoms with Crippen molar-refractivity contribution in [1.82, 2.24) is 0 Å². The van der Waals surface area contributed by atoms with Crippen LogP contribution in [0.1, 0.15) is 19.4 Å². The van der Waals surface area contributed by atoms with Crippen LogP contribution in [-0.4, -0.2) is 25.2 Å². The quantitative estimate of drug-likeness (QED) is 0.767. The number of rotatable bonds is 6. The molecule has 7 heteroatoms. The summed E-state index contributed by atoms with van der Waals surface area (Å²) in [6.45, 7) is 4.15. The fourth-order valence-corrected chi connectivity index (χ4v) is 3.26. The van der Waals surface area contributed by atoms with Crippen molar-refractivity contribution in [3.63, 3.8) is 0 Å². The molecule has 0 fully saturated rings. The summed E-state index contributed by atoms with van der Waals surface area (Å²) in [6, 6.07) is 8.69. The Morgan fingerprint density at radius 1 is 1.27 bits per heavy atom. The molecule has 26 heavy (non-hydrogen) atoms. The number of anilines is 1. The molecule has 0 aliphatic carbocycles. The molecule has 1 aliphatic rings. The molecule has 138 valence electrons. The Hall–Kier alpha value is -2.11. The Labute approximate surface area is 162 Å². The lowest BCUT2D eigenvalue weighted by Crippen LogP contribution is -2.21. The number of carbonyl (C=O) groups is 1. The molecule has 2 aromatic rings. The first-order chi connectivity index (χ1) is 12.5. The van der Waals surface area contributed by atoms with E-state index in [1.54, 1.807) is 24.3 Å². The summed E-state index contributed by atoms with van der Waals surface area (Å²) in [5.74, 6) is 1.29. The van der Waals surface area contributed by atoms with Crippen LogP contribution < -0.4 is 19.5 Å². The fourth-order valence-electron chi connectivity index (χ4n) is 2.76. The molecule has 2 aromatic carbocycles. The van der Waals surface area contributed by atoms with Crippen LogP contribution in [-0.2, 0) is 11.2 Å². The number of hydrogen-bond donors (Lipinski definition) is 1. The Bertz CT molecular complexity index is 805. The van der Waals surface area contributed by atoms with Crippen molar-refractivity contribution in [1.29, 1.82) is 0 Å². The smallest absolute Gasteiger partial charge is 0.262 e. The van der Waals surface area contributed by atoms with Crippen LogP contribution in [0.25, 0.3) is 0 Å². The van der Waals surface area contributed by atoms with Gasteiger partial charge in [-0.25, -0.2) is 0 Å². The number of hydrogen-bond acceptors (Lipinski definition) is 4. The summed E-state index contributed by atoms with van der Waals surface area (Å²) >= 11 is 12.1.